The number of anilines is 2. The van der Waals surface area contributed by atoms with Gasteiger partial charge in [0.1, 0.15) is 0 Å². The molecule has 0 bridgehead atoms. The van der Waals surface area contributed by atoms with Crippen LogP contribution in [-0.2, 0) is 4.74 Å². The van der Waals surface area contributed by atoms with Gasteiger partial charge in [-0.15, -0.1) is 0 Å². The number of nitrogens with one attached hydrogen (secondary N) is 1. The third-order valence-electron chi connectivity index (χ3n) is 2.42. The summed E-state index contributed by atoms with van der Waals surface area (Å²) in [6.45, 7) is 6.84. The van der Waals surface area contributed by atoms with E-state index in [0.29, 0.717) is 24.5 Å². The number of carbonyl (C=O) groups is 1. The second-order valence-electron chi connectivity index (χ2n) is 4.06. The van der Waals surface area contributed by atoms with Crippen molar-refractivity contribution in [2.24, 2.45) is 0 Å². The lowest BCUT2D eigenvalue weighted by Gasteiger charge is -2.16. The summed E-state index contributed by atoms with van der Waals surface area (Å²) in [6.07, 6.45) is 0. The predicted molar refractivity (Wildman–Crippen MR) is 70.4 cm³/mol. The number of Topliss-reactive ketones (excluding diaryl/α,β-unsaturated/α-hetero) is 1. The standard InChI is InChI=1S/C13H20N2O2/c1-4-17-8-9(2)15-11-5-6-13(14)12(7-11)10(3)16/h5-7,9,15H,4,8,14H2,1-3H3. The molecule has 1 atom stereocenters. The highest BCUT2D eigenvalue weighted by Crippen LogP contribution is 2.19. The van der Waals surface area contributed by atoms with Gasteiger partial charge in [-0.25, -0.2) is 0 Å². The van der Waals surface area contributed by atoms with Crippen molar-refractivity contribution >= 4 is 17.2 Å². The molecule has 0 aliphatic rings. The highest BCUT2D eigenvalue weighted by atomic mass is 16.5. The van der Waals surface area contributed by atoms with Gasteiger partial charge in [-0.1, -0.05) is 0 Å². The van der Waals surface area contributed by atoms with Crippen molar-refractivity contribution in [1.29, 1.82) is 0 Å². The summed E-state index contributed by atoms with van der Waals surface area (Å²) in [4.78, 5) is 11.3. The van der Waals surface area contributed by atoms with E-state index in [1.54, 1.807) is 12.1 Å². The van der Waals surface area contributed by atoms with Gasteiger partial charge < -0.3 is 15.8 Å². The molecule has 0 aliphatic carbocycles. The van der Waals surface area contributed by atoms with Gasteiger partial charge in [-0.05, 0) is 39.0 Å². The molecule has 94 valence electrons. The maximum absolute atomic E-state index is 11.3. The number of ketones is 1. The van der Waals surface area contributed by atoms with Crippen molar-refractivity contribution in [1.82, 2.24) is 0 Å². The van der Waals surface area contributed by atoms with Crippen LogP contribution in [0.4, 0.5) is 11.4 Å². The van der Waals surface area contributed by atoms with Crippen molar-refractivity contribution in [3.8, 4) is 0 Å². The minimum Gasteiger partial charge on any atom is -0.398 e. The Morgan fingerprint density at radius 1 is 1.53 bits per heavy atom. The van der Waals surface area contributed by atoms with Crippen LogP contribution in [0.15, 0.2) is 18.2 Å². The summed E-state index contributed by atoms with van der Waals surface area (Å²) >= 11 is 0. The molecule has 0 saturated heterocycles. The lowest BCUT2D eigenvalue weighted by Crippen LogP contribution is -2.21. The molecular weight excluding hydrogens is 216 g/mol. The van der Waals surface area contributed by atoms with Crippen molar-refractivity contribution in [2.75, 3.05) is 24.3 Å². The lowest BCUT2D eigenvalue weighted by atomic mass is 10.1. The van der Waals surface area contributed by atoms with Crippen LogP contribution < -0.4 is 11.1 Å². The van der Waals surface area contributed by atoms with E-state index in [9.17, 15) is 4.79 Å². The van der Waals surface area contributed by atoms with E-state index in [0.717, 1.165) is 5.69 Å². The van der Waals surface area contributed by atoms with E-state index >= 15 is 0 Å². The minimum absolute atomic E-state index is 0.0244. The van der Waals surface area contributed by atoms with E-state index < -0.39 is 0 Å². The Bertz CT molecular complexity index is 391. The maximum Gasteiger partial charge on any atom is 0.161 e. The molecule has 0 aromatic heterocycles. The first kappa shape index (κ1) is 13.5. The van der Waals surface area contributed by atoms with Crippen molar-refractivity contribution in [3.63, 3.8) is 0 Å². The molecule has 0 radical (unpaired) electrons. The zero-order chi connectivity index (χ0) is 12.8. The molecule has 3 N–H and O–H groups in total. The highest BCUT2D eigenvalue weighted by molar-refractivity contribution is 6.00. The average Bonchev–Trinajstić information content (AvgIpc) is 2.28. The predicted octanol–water partition coefficient (Wildman–Crippen LogP) is 2.31. The number of carbonyl (C=O) groups excluding carboxylic acids is 1. The van der Waals surface area contributed by atoms with E-state index in [1.807, 2.05) is 19.9 Å². The molecule has 0 aliphatic heterocycles. The molecule has 17 heavy (non-hydrogen) atoms. The molecule has 4 nitrogen and oxygen atoms in total. The van der Waals surface area contributed by atoms with Crippen LogP contribution in [-0.4, -0.2) is 25.0 Å². The molecule has 0 amide bonds. The van der Waals surface area contributed by atoms with Crippen LogP contribution in [0.1, 0.15) is 31.1 Å². The summed E-state index contributed by atoms with van der Waals surface area (Å²) in [6, 6.07) is 5.58. The van der Waals surface area contributed by atoms with Crippen LogP contribution in [0.5, 0.6) is 0 Å². The van der Waals surface area contributed by atoms with Crippen molar-refractivity contribution in [2.45, 2.75) is 26.8 Å². The van der Waals surface area contributed by atoms with Crippen LogP contribution in [0.2, 0.25) is 0 Å². The first-order chi connectivity index (χ1) is 8.04. The molecule has 0 fully saturated rings. The number of nitrogen functional groups attached to an aromatic ring is 1. The van der Waals surface area contributed by atoms with Crippen LogP contribution in [0.25, 0.3) is 0 Å². The Kier molecular flexibility index (Phi) is 4.97. The number of ether oxygens (including phenoxy) is 1. The van der Waals surface area contributed by atoms with Crippen molar-refractivity contribution in [3.05, 3.63) is 23.8 Å². The lowest BCUT2D eigenvalue weighted by molar-refractivity contribution is 0.101. The van der Waals surface area contributed by atoms with Gasteiger partial charge >= 0.3 is 0 Å². The minimum atomic E-state index is -0.0244. The summed E-state index contributed by atoms with van der Waals surface area (Å²) in [7, 11) is 0. The SMILES string of the molecule is CCOCC(C)Nc1ccc(N)c(C(C)=O)c1. The number of benzene rings is 1. The molecule has 1 unspecified atom stereocenters. The number of hydrogen-bond donors (Lipinski definition) is 2. The molecule has 0 saturated carbocycles. The van der Waals surface area contributed by atoms with E-state index in [-0.39, 0.29) is 11.8 Å². The first-order valence-electron chi connectivity index (χ1n) is 5.79. The highest BCUT2D eigenvalue weighted by Gasteiger charge is 2.07. The smallest absolute Gasteiger partial charge is 0.161 e. The summed E-state index contributed by atoms with van der Waals surface area (Å²) < 4.78 is 5.31. The first-order valence-corrected chi connectivity index (χ1v) is 5.79. The topological polar surface area (TPSA) is 64.3 Å². The van der Waals surface area contributed by atoms with Crippen molar-refractivity contribution < 1.29 is 9.53 Å². The van der Waals surface area contributed by atoms with E-state index in [2.05, 4.69) is 5.32 Å². The fraction of sp³-hybridized carbons (Fsp3) is 0.462. The maximum atomic E-state index is 11.3. The van der Waals surface area contributed by atoms with Gasteiger partial charge in [-0.2, -0.15) is 0 Å². The molecular formula is C13H20N2O2. The molecule has 0 heterocycles. The normalized spacial score (nSPS) is 12.2. The third-order valence-corrected chi connectivity index (χ3v) is 2.42. The molecule has 1 aromatic carbocycles. The fourth-order valence-corrected chi connectivity index (χ4v) is 1.57. The summed E-state index contributed by atoms with van der Waals surface area (Å²) in [5, 5.41) is 3.27. The van der Waals surface area contributed by atoms with Gasteiger partial charge in [-0.3, -0.25) is 4.79 Å². The molecule has 4 heteroatoms. The van der Waals surface area contributed by atoms with Gasteiger partial charge in [0.2, 0.25) is 0 Å². The van der Waals surface area contributed by atoms with Crippen LogP contribution in [0, 0.1) is 0 Å². The Morgan fingerprint density at radius 3 is 2.82 bits per heavy atom. The van der Waals surface area contributed by atoms with Crippen LogP contribution >= 0.6 is 0 Å². The second kappa shape index (κ2) is 6.25. The Hall–Kier alpha value is -1.55. The van der Waals surface area contributed by atoms with Gasteiger partial charge in [0, 0.05) is 29.6 Å². The fourth-order valence-electron chi connectivity index (χ4n) is 1.57. The molecule has 0 spiro atoms. The van der Waals surface area contributed by atoms with E-state index in [4.69, 9.17) is 10.5 Å². The third kappa shape index (κ3) is 4.07. The van der Waals surface area contributed by atoms with Crippen LogP contribution in [0.3, 0.4) is 0 Å². The Balaban J connectivity index is 2.72. The molecule has 1 aromatic rings. The number of rotatable bonds is 6. The monoisotopic (exact) mass is 236 g/mol. The Morgan fingerprint density at radius 2 is 2.24 bits per heavy atom. The molecule has 1 rings (SSSR count). The quantitative estimate of drug-likeness (QED) is 0.587. The summed E-state index contributed by atoms with van der Waals surface area (Å²) in [5.74, 6) is -0.0244. The average molecular weight is 236 g/mol. The number of nitrogens with two attached hydrogens (primary N) is 1. The van der Waals surface area contributed by atoms with Gasteiger partial charge in [0.25, 0.3) is 0 Å². The largest absolute Gasteiger partial charge is 0.398 e. The zero-order valence-corrected chi connectivity index (χ0v) is 10.6. The summed E-state index contributed by atoms with van der Waals surface area (Å²) in [5.41, 5.74) is 7.68. The second-order valence-corrected chi connectivity index (χ2v) is 4.06. The number of hydrogen-bond acceptors (Lipinski definition) is 4. The van der Waals surface area contributed by atoms with E-state index in [1.165, 1.54) is 6.92 Å². The van der Waals surface area contributed by atoms with Gasteiger partial charge in [0.05, 0.1) is 6.61 Å². The Labute approximate surface area is 102 Å². The van der Waals surface area contributed by atoms with Gasteiger partial charge in [0.15, 0.2) is 5.78 Å². The zero-order valence-electron chi connectivity index (χ0n) is 10.6.